The van der Waals surface area contributed by atoms with Crippen LogP contribution in [0.4, 0.5) is 4.39 Å². The molecule has 0 aliphatic carbocycles. The summed E-state index contributed by atoms with van der Waals surface area (Å²) in [6, 6.07) is 6.10. The van der Waals surface area contributed by atoms with Crippen LogP contribution < -0.4 is 10.1 Å². The maximum absolute atomic E-state index is 13.5. The molecule has 0 unspecified atom stereocenters. The Kier molecular flexibility index (Phi) is 5.52. The normalized spacial score (nSPS) is 10.5. The van der Waals surface area contributed by atoms with E-state index in [-0.39, 0.29) is 24.0 Å². The van der Waals surface area contributed by atoms with E-state index in [4.69, 9.17) is 9.26 Å². The van der Waals surface area contributed by atoms with Crippen LogP contribution in [0.2, 0.25) is 0 Å². The highest BCUT2D eigenvalue weighted by Crippen LogP contribution is 2.20. The Morgan fingerprint density at radius 1 is 1.41 bits per heavy atom. The van der Waals surface area contributed by atoms with Gasteiger partial charge in [-0.2, -0.15) is 0 Å². The predicted molar refractivity (Wildman–Crippen MR) is 79.2 cm³/mol. The molecule has 1 heterocycles. The Hall–Kier alpha value is -2.37. The van der Waals surface area contributed by atoms with Gasteiger partial charge in [0.15, 0.2) is 17.3 Å². The summed E-state index contributed by atoms with van der Waals surface area (Å²) in [4.78, 5) is 12.1. The molecule has 1 aromatic heterocycles. The summed E-state index contributed by atoms with van der Waals surface area (Å²) in [5.74, 6) is -0.152. The van der Waals surface area contributed by atoms with E-state index in [0.717, 1.165) is 12.8 Å². The highest BCUT2D eigenvalue weighted by molar-refractivity contribution is 5.93. The van der Waals surface area contributed by atoms with Crippen LogP contribution in [-0.4, -0.2) is 17.6 Å². The first-order valence-electron chi connectivity index (χ1n) is 7.24. The minimum atomic E-state index is -0.453. The van der Waals surface area contributed by atoms with Crippen molar-refractivity contribution in [3.8, 4) is 5.75 Å². The number of amides is 1. The number of nitrogens with one attached hydrogen (secondary N) is 1. The van der Waals surface area contributed by atoms with Gasteiger partial charge in [-0.05, 0) is 25.5 Å². The number of carbonyl (C=O) groups excluding carboxylic acids is 1. The number of aromatic nitrogens is 1. The average Bonchev–Trinajstić information content (AvgIpc) is 2.88. The van der Waals surface area contributed by atoms with Crippen LogP contribution >= 0.6 is 0 Å². The quantitative estimate of drug-likeness (QED) is 0.798. The molecule has 0 aliphatic rings. The van der Waals surface area contributed by atoms with Gasteiger partial charge in [0, 0.05) is 6.54 Å². The maximum Gasteiger partial charge on any atom is 0.273 e. The van der Waals surface area contributed by atoms with E-state index >= 15 is 0 Å². The van der Waals surface area contributed by atoms with Crippen LogP contribution in [0.25, 0.3) is 0 Å². The van der Waals surface area contributed by atoms with Gasteiger partial charge < -0.3 is 14.6 Å². The third-order valence-corrected chi connectivity index (χ3v) is 3.22. The summed E-state index contributed by atoms with van der Waals surface area (Å²) in [7, 11) is 0. The zero-order chi connectivity index (χ0) is 15.9. The first-order chi connectivity index (χ1) is 10.6. The first kappa shape index (κ1) is 16.0. The lowest BCUT2D eigenvalue weighted by atomic mass is 10.2. The van der Waals surface area contributed by atoms with E-state index in [1.54, 1.807) is 19.1 Å². The zero-order valence-corrected chi connectivity index (χ0v) is 12.7. The molecule has 0 saturated carbocycles. The fourth-order valence-electron chi connectivity index (χ4n) is 1.91. The number of halogens is 1. The monoisotopic (exact) mass is 306 g/mol. The molecule has 0 fully saturated rings. The van der Waals surface area contributed by atoms with Crippen LogP contribution in [0.5, 0.6) is 5.75 Å². The molecule has 22 heavy (non-hydrogen) atoms. The topological polar surface area (TPSA) is 64.4 Å². The molecule has 2 rings (SSSR count). The predicted octanol–water partition coefficient (Wildman–Crippen LogP) is 3.23. The number of para-hydroxylation sites is 1. The van der Waals surface area contributed by atoms with E-state index in [1.165, 1.54) is 12.1 Å². The molecular weight excluding hydrogens is 287 g/mol. The number of hydrogen-bond acceptors (Lipinski definition) is 4. The van der Waals surface area contributed by atoms with Gasteiger partial charge in [-0.1, -0.05) is 30.6 Å². The van der Waals surface area contributed by atoms with Crippen LogP contribution in [-0.2, 0) is 6.61 Å². The van der Waals surface area contributed by atoms with E-state index in [9.17, 15) is 9.18 Å². The Morgan fingerprint density at radius 2 is 2.18 bits per heavy atom. The fraction of sp³-hybridized carbons (Fsp3) is 0.375. The summed E-state index contributed by atoms with van der Waals surface area (Å²) >= 11 is 0. The van der Waals surface area contributed by atoms with Crippen molar-refractivity contribution in [2.24, 2.45) is 0 Å². The number of carbonyl (C=O) groups is 1. The second-order valence-electron chi connectivity index (χ2n) is 4.89. The second kappa shape index (κ2) is 7.59. The van der Waals surface area contributed by atoms with Crippen molar-refractivity contribution in [2.75, 3.05) is 6.54 Å². The van der Waals surface area contributed by atoms with Crippen LogP contribution in [0.15, 0.2) is 28.8 Å². The van der Waals surface area contributed by atoms with Gasteiger partial charge in [-0.3, -0.25) is 4.79 Å². The summed E-state index contributed by atoms with van der Waals surface area (Å²) in [5, 5.41) is 6.54. The second-order valence-corrected chi connectivity index (χ2v) is 4.89. The van der Waals surface area contributed by atoms with E-state index in [1.807, 2.05) is 6.92 Å². The molecule has 0 radical (unpaired) electrons. The number of unbranched alkanes of at least 4 members (excludes halogenated alkanes) is 1. The lowest BCUT2D eigenvalue weighted by Crippen LogP contribution is -2.26. The summed E-state index contributed by atoms with van der Waals surface area (Å²) < 4.78 is 24.0. The highest BCUT2D eigenvalue weighted by atomic mass is 19.1. The van der Waals surface area contributed by atoms with Gasteiger partial charge in [0.05, 0.1) is 5.56 Å². The largest absolute Gasteiger partial charge is 0.486 e. The zero-order valence-electron chi connectivity index (χ0n) is 12.7. The van der Waals surface area contributed by atoms with Crippen molar-refractivity contribution < 1.29 is 18.4 Å². The molecule has 0 aliphatic heterocycles. The van der Waals surface area contributed by atoms with Crippen LogP contribution in [0.1, 0.15) is 41.6 Å². The number of aryl methyl sites for hydroxylation is 1. The van der Waals surface area contributed by atoms with Gasteiger partial charge in [-0.15, -0.1) is 0 Å². The summed E-state index contributed by atoms with van der Waals surface area (Å²) in [6.45, 7) is 4.33. The number of ether oxygens (including phenoxy) is 1. The number of benzene rings is 1. The SMILES string of the molecule is CCCCNC(=O)c1noc(C)c1COc1ccccc1F. The summed E-state index contributed by atoms with van der Waals surface area (Å²) in [6.07, 6.45) is 1.88. The third-order valence-electron chi connectivity index (χ3n) is 3.22. The van der Waals surface area contributed by atoms with E-state index < -0.39 is 5.82 Å². The molecule has 0 spiro atoms. The molecule has 6 heteroatoms. The molecule has 118 valence electrons. The first-order valence-corrected chi connectivity index (χ1v) is 7.24. The Balaban J connectivity index is 2.06. The molecule has 0 saturated heterocycles. The third kappa shape index (κ3) is 3.84. The van der Waals surface area contributed by atoms with E-state index in [0.29, 0.717) is 17.9 Å². The Bertz CT molecular complexity index is 640. The number of hydrogen-bond donors (Lipinski definition) is 1. The Morgan fingerprint density at radius 3 is 2.91 bits per heavy atom. The lowest BCUT2D eigenvalue weighted by molar-refractivity contribution is 0.0942. The van der Waals surface area contributed by atoms with Gasteiger partial charge in [0.1, 0.15) is 12.4 Å². The van der Waals surface area contributed by atoms with Gasteiger partial charge in [0.2, 0.25) is 0 Å². The van der Waals surface area contributed by atoms with Gasteiger partial charge in [0.25, 0.3) is 5.91 Å². The van der Waals surface area contributed by atoms with Crippen molar-refractivity contribution in [1.82, 2.24) is 10.5 Å². The van der Waals surface area contributed by atoms with Crippen molar-refractivity contribution in [1.29, 1.82) is 0 Å². The van der Waals surface area contributed by atoms with Crippen LogP contribution in [0, 0.1) is 12.7 Å². The van der Waals surface area contributed by atoms with Crippen molar-refractivity contribution in [2.45, 2.75) is 33.3 Å². The van der Waals surface area contributed by atoms with Crippen molar-refractivity contribution in [3.63, 3.8) is 0 Å². The van der Waals surface area contributed by atoms with Crippen LogP contribution in [0.3, 0.4) is 0 Å². The highest BCUT2D eigenvalue weighted by Gasteiger charge is 2.20. The molecule has 1 amide bonds. The van der Waals surface area contributed by atoms with Crippen molar-refractivity contribution >= 4 is 5.91 Å². The lowest BCUT2D eigenvalue weighted by Gasteiger charge is -2.07. The van der Waals surface area contributed by atoms with Gasteiger partial charge in [-0.25, -0.2) is 4.39 Å². The van der Waals surface area contributed by atoms with Crippen molar-refractivity contribution in [3.05, 3.63) is 47.1 Å². The molecule has 2 aromatic rings. The molecular formula is C16H19FN2O3. The standard InChI is InChI=1S/C16H19FN2O3/c1-3-4-9-18-16(20)15-12(11(2)22-19-15)10-21-14-8-6-5-7-13(14)17/h5-8H,3-4,9-10H2,1-2H3,(H,18,20). The minimum Gasteiger partial charge on any atom is -0.486 e. The Labute approximate surface area is 128 Å². The fourth-order valence-corrected chi connectivity index (χ4v) is 1.91. The molecule has 1 N–H and O–H groups in total. The minimum absolute atomic E-state index is 0.0206. The molecule has 0 atom stereocenters. The molecule has 5 nitrogen and oxygen atoms in total. The molecule has 0 bridgehead atoms. The smallest absolute Gasteiger partial charge is 0.273 e. The average molecular weight is 306 g/mol. The number of rotatable bonds is 7. The molecule has 1 aromatic carbocycles. The summed E-state index contributed by atoms with van der Waals surface area (Å²) in [5.41, 5.74) is 0.710. The van der Waals surface area contributed by atoms with E-state index in [2.05, 4.69) is 10.5 Å². The van der Waals surface area contributed by atoms with Gasteiger partial charge >= 0.3 is 0 Å². The number of nitrogens with zero attached hydrogens (tertiary/aromatic N) is 1. The maximum atomic E-state index is 13.5.